The number of aliphatic hydroxyl groups is 1. The first-order chi connectivity index (χ1) is 11.1. The van der Waals surface area contributed by atoms with E-state index in [1.54, 1.807) is 11.3 Å². The molecule has 1 N–H and O–H groups in total. The largest absolute Gasteiger partial charge is 0.388 e. The highest BCUT2D eigenvalue weighted by molar-refractivity contribution is 7.99. The summed E-state index contributed by atoms with van der Waals surface area (Å²) in [5.41, 5.74) is 0.331. The fraction of sp³-hybridized carbons (Fsp3) is 0.200. The number of halogens is 2. The van der Waals surface area contributed by atoms with Gasteiger partial charge in [-0.25, -0.2) is 8.78 Å². The van der Waals surface area contributed by atoms with E-state index >= 15 is 0 Å². The number of thioether (sulfide) groups is 1. The highest BCUT2D eigenvalue weighted by atomic mass is 32.2. The van der Waals surface area contributed by atoms with Gasteiger partial charge < -0.3 is 9.67 Å². The molecule has 0 fully saturated rings. The summed E-state index contributed by atoms with van der Waals surface area (Å²) in [5.74, 6) is -0.876. The minimum Gasteiger partial charge on any atom is -0.388 e. The van der Waals surface area contributed by atoms with Crippen LogP contribution in [0.25, 0.3) is 10.7 Å². The zero-order valence-corrected chi connectivity index (χ0v) is 13.7. The Morgan fingerprint density at radius 2 is 2.09 bits per heavy atom. The summed E-state index contributed by atoms with van der Waals surface area (Å²) in [5, 5.41) is 21.0. The molecule has 23 heavy (non-hydrogen) atoms. The van der Waals surface area contributed by atoms with E-state index in [0.29, 0.717) is 10.7 Å². The zero-order valence-electron chi connectivity index (χ0n) is 12.1. The smallest absolute Gasteiger partial charge is 0.191 e. The Hall–Kier alpha value is -1.77. The molecule has 1 aromatic carbocycles. The van der Waals surface area contributed by atoms with Crippen LogP contribution < -0.4 is 0 Å². The predicted octanol–water partition coefficient (Wildman–Crippen LogP) is 3.65. The van der Waals surface area contributed by atoms with Crippen molar-refractivity contribution < 1.29 is 13.9 Å². The zero-order chi connectivity index (χ0) is 16.4. The molecule has 4 nitrogen and oxygen atoms in total. The molecule has 0 aliphatic carbocycles. The Morgan fingerprint density at radius 3 is 2.78 bits per heavy atom. The van der Waals surface area contributed by atoms with E-state index in [-0.39, 0.29) is 5.75 Å². The standard InChI is InChI=1S/C15H13F2N3OS2/c1-20-14(13-3-2-6-22-13)18-19-15(20)23-8-12(21)9-4-5-10(16)11(17)7-9/h2-7,12,21H,8H2,1H3. The number of thiophene rings is 1. The molecule has 0 aliphatic rings. The van der Waals surface area contributed by atoms with Gasteiger partial charge in [0.25, 0.3) is 0 Å². The molecule has 1 atom stereocenters. The molecule has 2 aromatic heterocycles. The van der Waals surface area contributed by atoms with Crippen LogP contribution in [-0.4, -0.2) is 25.6 Å². The van der Waals surface area contributed by atoms with Gasteiger partial charge in [-0.2, -0.15) is 0 Å². The Labute approximate surface area is 139 Å². The first kappa shape index (κ1) is 16.1. The van der Waals surface area contributed by atoms with Crippen molar-refractivity contribution in [3.63, 3.8) is 0 Å². The highest BCUT2D eigenvalue weighted by Crippen LogP contribution is 2.28. The SMILES string of the molecule is Cn1c(SCC(O)c2ccc(F)c(F)c2)nnc1-c1cccs1. The number of benzene rings is 1. The van der Waals surface area contributed by atoms with Crippen molar-refractivity contribution in [2.24, 2.45) is 7.05 Å². The Balaban J connectivity index is 1.70. The fourth-order valence-electron chi connectivity index (χ4n) is 2.03. The topological polar surface area (TPSA) is 50.9 Å². The third-order valence-corrected chi connectivity index (χ3v) is 5.24. The Kier molecular flexibility index (Phi) is 4.74. The fourth-order valence-corrected chi connectivity index (χ4v) is 3.65. The van der Waals surface area contributed by atoms with Crippen LogP contribution in [0.5, 0.6) is 0 Å². The summed E-state index contributed by atoms with van der Waals surface area (Å²) in [6.45, 7) is 0. The Bertz CT molecular complexity index is 805. The molecule has 2 heterocycles. The summed E-state index contributed by atoms with van der Waals surface area (Å²) in [6.07, 6.45) is -0.919. The van der Waals surface area contributed by atoms with E-state index < -0.39 is 17.7 Å². The van der Waals surface area contributed by atoms with E-state index in [4.69, 9.17) is 0 Å². The molecule has 0 saturated carbocycles. The van der Waals surface area contributed by atoms with Gasteiger partial charge in [0.1, 0.15) is 0 Å². The van der Waals surface area contributed by atoms with Crippen LogP contribution in [0.3, 0.4) is 0 Å². The molecule has 0 amide bonds. The van der Waals surface area contributed by atoms with Crippen molar-refractivity contribution in [3.05, 3.63) is 52.9 Å². The van der Waals surface area contributed by atoms with Crippen LogP contribution in [-0.2, 0) is 7.05 Å². The van der Waals surface area contributed by atoms with E-state index in [2.05, 4.69) is 10.2 Å². The number of nitrogens with zero attached hydrogens (tertiary/aromatic N) is 3. The number of aliphatic hydroxyl groups excluding tert-OH is 1. The molecule has 3 rings (SSSR count). The van der Waals surface area contributed by atoms with Crippen molar-refractivity contribution in [2.75, 3.05) is 5.75 Å². The average Bonchev–Trinajstić information content (AvgIpc) is 3.17. The van der Waals surface area contributed by atoms with Gasteiger partial charge in [0, 0.05) is 12.8 Å². The van der Waals surface area contributed by atoms with Crippen molar-refractivity contribution in [1.82, 2.24) is 14.8 Å². The maximum absolute atomic E-state index is 13.2. The molecular weight excluding hydrogens is 340 g/mol. The molecule has 0 aliphatic heterocycles. The van der Waals surface area contributed by atoms with Gasteiger partial charge in [0.15, 0.2) is 22.6 Å². The predicted molar refractivity (Wildman–Crippen MR) is 86.4 cm³/mol. The first-order valence-corrected chi connectivity index (χ1v) is 8.62. The minimum absolute atomic E-state index is 0.265. The Morgan fingerprint density at radius 1 is 1.26 bits per heavy atom. The van der Waals surface area contributed by atoms with Crippen molar-refractivity contribution >= 4 is 23.1 Å². The lowest BCUT2D eigenvalue weighted by Crippen LogP contribution is -2.03. The van der Waals surface area contributed by atoms with Crippen LogP contribution in [0.15, 0.2) is 40.9 Å². The molecule has 0 radical (unpaired) electrons. The molecule has 0 spiro atoms. The van der Waals surface area contributed by atoms with Gasteiger partial charge in [0.05, 0.1) is 11.0 Å². The second-order valence-corrected chi connectivity index (χ2v) is 6.78. The van der Waals surface area contributed by atoms with Gasteiger partial charge in [-0.1, -0.05) is 23.9 Å². The molecule has 3 aromatic rings. The normalized spacial score (nSPS) is 12.5. The van der Waals surface area contributed by atoms with Gasteiger partial charge >= 0.3 is 0 Å². The monoisotopic (exact) mass is 353 g/mol. The van der Waals surface area contributed by atoms with Crippen LogP contribution in [0.2, 0.25) is 0 Å². The summed E-state index contributed by atoms with van der Waals surface area (Å²) in [7, 11) is 1.85. The maximum Gasteiger partial charge on any atom is 0.191 e. The molecule has 8 heteroatoms. The second kappa shape index (κ2) is 6.77. The number of hydrogen-bond donors (Lipinski definition) is 1. The minimum atomic E-state index is -0.967. The van der Waals surface area contributed by atoms with E-state index in [9.17, 15) is 13.9 Å². The molecule has 0 saturated heterocycles. The quantitative estimate of drug-likeness (QED) is 0.712. The molecule has 120 valence electrons. The maximum atomic E-state index is 13.2. The van der Waals surface area contributed by atoms with Crippen molar-refractivity contribution in [3.8, 4) is 10.7 Å². The lowest BCUT2D eigenvalue weighted by Gasteiger charge is -2.10. The third kappa shape index (κ3) is 3.44. The average molecular weight is 353 g/mol. The number of aromatic nitrogens is 3. The van der Waals surface area contributed by atoms with Crippen LogP contribution >= 0.6 is 23.1 Å². The van der Waals surface area contributed by atoms with Crippen LogP contribution in [0, 0.1) is 11.6 Å². The lowest BCUT2D eigenvalue weighted by atomic mass is 10.1. The van der Waals surface area contributed by atoms with Gasteiger partial charge in [0.2, 0.25) is 0 Å². The summed E-state index contributed by atoms with van der Waals surface area (Å²) in [4.78, 5) is 1.01. The summed E-state index contributed by atoms with van der Waals surface area (Å²) >= 11 is 2.87. The molecule has 0 bridgehead atoms. The summed E-state index contributed by atoms with van der Waals surface area (Å²) in [6, 6.07) is 7.29. The van der Waals surface area contributed by atoms with E-state index in [1.807, 2.05) is 29.1 Å². The summed E-state index contributed by atoms with van der Waals surface area (Å²) < 4.78 is 28.0. The highest BCUT2D eigenvalue weighted by Gasteiger charge is 2.15. The van der Waals surface area contributed by atoms with Gasteiger partial charge in [-0.15, -0.1) is 21.5 Å². The third-order valence-electron chi connectivity index (χ3n) is 3.28. The van der Waals surface area contributed by atoms with Crippen molar-refractivity contribution in [2.45, 2.75) is 11.3 Å². The second-order valence-electron chi connectivity index (χ2n) is 4.84. The van der Waals surface area contributed by atoms with Crippen molar-refractivity contribution in [1.29, 1.82) is 0 Å². The first-order valence-electron chi connectivity index (χ1n) is 6.75. The molecular formula is C15H13F2N3OS2. The lowest BCUT2D eigenvalue weighted by molar-refractivity contribution is 0.203. The van der Waals surface area contributed by atoms with E-state index in [1.165, 1.54) is 17.8 Å². The number of rotatable bonds is 5. The van der Waals surface area contributed by atoms with Gasteiger partial charge in [-0.3, -0.25) is 0 Å². The van der Waals surface area contributed by atoms with Crippen LogP contribution in [0.1, 0.15) is 11.7 Å². The van der Waals surface area contributed by atoms with Gasteiger partial charge in [-0.05, 0) is 29.1 Å². The van der Waals surface area contributed by atoms with E-state index in [0.717, 1.165) is 22.8 Å². The molecule has 1 unspecified atom stereocenters. The van der Waals surface area contributed by atoms with Crippen LogP contribution in [0.4, 0.5) is 8.78 Å². The number of hydrogen-bond acceptors (Lipinski definition) is 5.